The number of carboxylic acid groups (broad SMARTS) is 1. The largest absolute Gasteiger partial charge is 0.497 e. The summed E-state index contributed by atoms with van der Waals surface area (Å²) in [6, 6.07) is 7.87. The molecular weight excluding hydrogens is 663 g/mol. The highest BCUT2D eigenvalue weighted by molar-refractivity contribution is 7.84. The average molecular weight is 697 g/mol. The molecule has 12 nitrogen and oxygen atoms in total. The number of halogens is 3. The van der Waals surface area contributed by atoms with Crippen LogP contribution in [0.25, 0.3) is 5.57 Å². The van der Waals surface area contributed by atoms with E-state index in [1.165, 1.54) is 25.5 Å². The van der Waals surface area contributed by atoms with Crippen LogP contribution in [0.1, 0.15) is 61.2 Å². The molecule has 0 aliphatic carbocycles. The summed E-state index contributed by atoms with van der Waals surface area (Å²) >= 11 is 0.674. The van der Waals surface area contributed by atoms with E-state index in [1.54, 1.807) is 43.7 Å². The van der Waals surface area contributed by atoms with Crippen molar-refractivity contribution in [3.8, 4) is 11.6 Å². The molecule has 17 heteroatoms. The SMILES string of the molecule is COc1ccc(CC(c2sc(=O)n(C3CC[N+](C(C)(C)C)(S(=O)(=O)NC(=O)O)CC3)c2O)=c2ccc3c(c2)C=NN=3)c(C(F)(F)F)c1. The van der Waals surface area contributed by atoms with Gasteiger partial charge in [0.05, 0.1) is 48.3 Å². The van der Waals surface area contributed by atoms with Gasteiger partial charge in [-0.25, -0.2) is 4.79 Å². The third-order valence-corrected chi connectivity index (χ3v) is 12.0. The number of methoxy groups -OCH3 is 1. The number of likely N-dealkylation sites (tertiary alicyclic amines) is 1. The fourth-order valence-electron chi connectivity index (χ4n) is 6.29. The van der Waals surface area contributed by atoms with E-state index in [2.05, 4.69) is 10.2 Å². The Morgan fingerprint density at radius 1 is 1.15 bits per heavy atom. The third-order valence-electron chi connectivity index (χ3n) is 8.73. The van der Waals surface area contributed by atoms with Gasteiger partial charge in [-0.15, -0.1) is 0 Å². The van der Waals surface area contributed by atoms with Crippen LogP contribution in [-0.4, -0.2) is 65.1 Å². The number of carbonyl (C=O) groups is 1. The predicted molar refractivity (Wildman–Crippen MR) is 167 cm³/mol. The maximum atomic E-state index is 14.2. The van der Waals surface area contributed by atoms with E-state index in [4.69, 9.17) is 4.74 Å². The molecule has 1 aromatic heterocycles. The van der Waals surface area contributed by atoms with Gasteiger partial charge in [-0.3, -0.25) is 9.36 Å². The molecule has 0 radical (unpaired) electrons. The highest BCUT2D eigenvalue weighted by Crippen LogP contribution is 2.41. The summed E-state index contributed by atoms with van der Waals surface area (Å²) in [4.78, 5) is 24.3. The first-order valence-electron chi connectivity index (χ1n) is 14.4. The number of hydrogen-bond acceptors (Lipinski definition) is 9. The molecule has 0 spiro atoms. The summed E-state index contributed by atoms with van der Waals surface area (Å²) in [5.74, 6) is -0.442. The second-order valence-corrected chi connectivity index (χ2v) is 15.1. The molecule has 3 aromatic rings. The second-order valence-electron chi connectivity index (χ2n) is 12.3. The zero-order chi connectivity index (χ0) is 34.5. The van der Waals surface area contributed by atoms with Crippen LogP contribution in [0.2, 0.25) is 0 Å². The van der Waals surface area contributed by atoms with Crippen LogP contribution < -0.4 is 24.9 Å². The minimum atomic E-state index is -4.73. The van der Waals surface area contributed by atoms with Gasteiger partial charge in [0.2, 0.25) is 5.88 Å². The van der Waals surface area contributed by atoms with Gasteiger partial charge < -0.3 is 14.9 Å². The van der Waals surface area contributed by atoms with Crippen molar-refractivity contribution in [1.29, 1.82) is 0 Å². The summed E-state index contributed by atoms with van der Waals surface area (Å²) in [6.07, 6.45) is -5.09. The molecule has 1 fully saturated rings. The first-order chi connectivity index (χ1) is 21.9. The van der Waals surface area contributed by atoms with E-state index in [0.717, 1.165) is 10.6 Å². The minimum Gasteiger partial charge on any atom is -0.497 e. The summed E-state index contributed by atoms with van der Waals surface area (Å²) < 4.78 is 76.3. The fraction of sp³-hybridized carbons (Fsp3) is 0.400. The van der Waals surface area contributed by atoms with Crippen LogP contribution in [0.4, 0.5) is 18.0 Å². The van der Waals surface area contributed by atoms with E-state index in [0.29, 0.717) is 27.5 Å². The molecule has 2 aromatic carbocycles. The number of piperidine rings is 1. The predicted octanol–water partition coefficient (Wildman–Crippen LogP) is 3.51. The molecule has 1 amide bonds. The highest BCUT2D eigenvalue weighted by atomic mass is 32.2. The molecule has 3 heterocycles. The van der Waals surface area contributed by atoms with Crippen molar-refractivity contribution in [3.63, 3.8) is 0 Å². The number of amides is 1. The van der Waals surface area contributed by atoms with Crippen LogP contribution in [0.5, 0.6) is 11.6 Å². The Hall–Kier alpha value is -4.22. The van der Waals surface area contributed by atoms with Crippen molar-refractivity contribution in [1.82, 2.24) is 9.29 Å². The molecule has 0 bridgehead atoms. The zero-order valence-corrected chi connectivity index (χ0v) is 27.5. The number of thiazole rings is 1. The summed E-state index contributed by atoms with van der Waals surface area (Å²) in [7, 11) is -3.16. The lowest BCUT2D eigenvalue weighted by molar-refractivity contribution is -0.862. The number of benzene rings is 2. The van der Waals surface area contributed by atoms with Crippen LogP contribution >= 0.6 is 11.3 Å². The molecule has 47 heavy (non-hydrogen) atoms. The van der Waals surface area contributed by atoms with E-state index < -0.39 is 54.3 Å². The monoisotopic (exact) mass is 696 g/mol. The van der Waals surface area contributed by atoms with Crippen molar-refractivity contribution < 1.29 is 45.2 Å². The fourth-order valence-corrected chi connectivity index (χ4v) is 9.11. The molecule has 0 atom stereocenters. The van der Waals surface area contributed by atoms with Crippen molar-refractivity contribution in [2.45, 2.75) is 57.8 Å². The van der Waals surface area contributed by atoms with Gasteiger partial charge in [-0.1, -0.05) is 23.5 Å². The van der Waals surface area contributed by atoms with Gasteiger partial charge >= 0.3 is 27.4 Å². The maximum Gasteiger partial charge on any atom is 0.422 e. The van der Waals surface area contributed by atoms with Crippen molar-refractivity contribution in [3.05, 3.63) is 78.2 Å². The van der Waals surface area contributed by atoms with E-state index in [1.807, 2.05) is 0 Å². The Morgan fingerprint density at radius 2 is 1.83 bits per heavy atom. The Kier molecular flexibility index (Phi) is 8.78. The average Bonchev–Trinajstić information content (AvgIpc) is 3.57. The van der Waals surface area contributed by atoms with Gasteiger partial charge in [-0.2, -0.15) is 40.4 Å². The van der Waals surface area contributed by atoms with Crippen LogP contribution in [-0.2, 0) is 22.8 Å². The number of nitrogens with one attached hydrogen (secondary N) is 1. The minimum absolute atomic E-state index is 0.0132. The molecule has 252 valence electrons. The molecule has 2 aliphatic rings. The summed E-state index contributed by atoms with van der Waals surface area (Å²) in [5.41, 5.74) is -1.13. The van der Waals surface area contributed by atoms with Gasteiger partial charge in [0.1, 0.15) is 11.3 Å². The van der Waals surface area contributed by atoms with Crippen molar-refractivity contribution >= 4 is 39.4 Å². The number of rotatable bonds is 7. The summed E-state index contributed by atoms with van der Waals surface area (Å²) in [5, 5.41) is 29.7. The Bertz CT molecular complexity index is 2060. The smallest absolute Gasteiger partial charge is 0.422 e. The molecule has 0 saturated carbocycles. The Morgan fingerprint density at radius 3 is 2.43 bits per heavy atom. The van der Waals surface area contributed by atoms with Crippen LogP contribution in [0, 0.1) is 0 Å². The van der Waals surface area contributed by atoms with Gasteiger partial charge in [-0.05, 0) is 61.4 Å². The number of aromatic hydroxyl groups is 1. The second kappa shape index (κ2) is 12.1. The third kappa shape index (κ3) is 6.26. The van der Waals surface area contributed by atoms with E-state index in [9.17, 15) is 41.4 Å². The standard InChI is InChI=1S/C30H32F3N5O7S2/c1-29(2,3)38(47(43,44)36-27(40)41)11-9-20(10-12-38)37-26(39)25(46-28(37)42)22(17-6-8-24-19(13-17)16-34-35-24)14-18-5-7-21(45-4)15-23(18)30(31,32)33/h5-8,13,15-16,20,36H,9-12,14H2,1-4H3,(H-,34,35,39,40,41)/p+1. The normalized spacial score (nSPS) is 20.4. The van der Waals surface area contributed by atoms with Crippen LogP contribution in [0.15, 0.2) is 51.4 Å². The number of fused-ring (bicyclic) bond motifs is 1. The topological polar surface area (TPSA) is 160 Å². The number of hydrogen-bond donors (Lipinski definition) is 3. The van der Waals surface area contributed by atoms with Crippen molar-refractivity contribution in [2.75, 3.05) is 20.2 Å². The lowest BCUT2D eigenvalue weighted by Crippen LogP contribution is -2.69. The molecule has 2 aliphatic heterocycles. The first kappa shape index (κ1) is 34.1. The number of nitrogens with zero attached hydrogens (tertiary/aromatic N) is 4. The molecule has 5 rings (SSSR count). The lowest BCUT2D eigenvalue weighted by atomic mass is 9.95. The molecular formula is C30H33F3N5O7S2+. The van der Waals surface area contributed by atoms with Crippen LogP contribution in [0.3, 0.4) is 0 Å². The number of alkyl halides is 3. The van der Waals surface area contributed by atoms with E-state index in [-0.39, 0.29) is 54.1 Å². The Balaban J connectivity index is 1.61. The quantitative estimate of drug-likeness (QED) is 0.319. The lowest BCUT2D eigenvalue weighted by Gasteiger charge is -2.49. The number of ether oxygens (including phenoxy) is 1. The summed E-state index contributed by atoms with van der Waals surface area (Å²) in [6.45, 7) is 4.87. The van der Waals surface area contributed by atoms with Gasteiger partial charge in [0.15, 0.2) is 0 Å². The van der Waals surface area contributed by atoms with Gasteiger partial charge in [0.25, 0.3) is 0 Å². The van der Waals surface area contributed by atoms with Gasteiger partial charge in [0, 0.05) is 24.8 Å². The Labute approximate surface area is 271 Å². The zero-order valence-electron chi connectivity index (χ0n) is 25.8. The number of quaternary nitrogens is 1. The van der Waals surface area contributed by atoms with Crippen molar-refractivity contribution in [2.24, 2.45) is 10.2 Å². The molecule has 0 unspecified atom stereocenters. The maximum absolute atomic E-state index is 14.2. The number of aromatic nitrogens is 1. The highest BCUT2D eigenvalue weighted by Gasteiger charge is 2.54. The molecule has 3 N–H and O–H groups in total. The first-order valence-corrected chi connectivity index (χ1v) is 16.7. The van der Waals surface area contributed by atoms with E-state index >= 15 is 0 Å². The molecule has 1 saturated heterocycles.